The molecule has 2 unspecified atom stereocenters. The van der Waals surface area contributed by atoms with Crippen LogP contribution in [0.15, 0.2) is 97.1 Å². The van der Waals surface area contributed by atoms with Crippen LogP contribution < -0.4 is 14.9 Å². The van der Waals surface area contributed by atoms with Crippen molar-refractivity contribution in [3.05, 3.63) is 131 Å². The fraction of sp³-hybridized carbons (Fsp3) is 0.167. The zero-order valence-corrected chi connectivity index (χ0v) is 24.3. The van der Waals surface area contributed by atoms with Crippen molar-refractivity contribution in [1.29, 1.82) is 0 Å². The number of rotatable bonds is 3. The van der Waals surface area contributed by atoms with Crippen LogP contribution in [0.1, 0.15) is 41.7 Å². The van der Waals surface area contributed by atoms with Gasteiger partial charge in [0.05, 0.1) is 0 Å². The van der Waals surface area contributed by atoms with Gasteiger partial charge in [0.15, 0.2) is 5.60 Å². The quantitative estimate of drug-likeness (QED) is 0.213. The standard InChI is InChI=1S/C36H31FNOP/c1-35(2)32-29(20-25(40)21-30(32)37)31-26-12-8-9-13-27(26)34-28(33(31)35)18-19-36(39-34,22-10-6-5-7-11-22)23-14-16-24(17-15-23)38(3)4/h5-21H,40H2,1-4H3. The van der Waals surface area contributed by atoms with Gasteiger partial charge in [-0.2, -0.15) is 0 Å². The largest absolute Gasteiger partial charge is 0.472 e. The van der Waals surface area contributed by atoms with E-state index in [1.807, 2.05) is 20.2 Å². The molecule has 0 N–H and O–H groups in total. The Morgan fingerprint density at radius 2 is 1.43 bits per heavy atom. The van der Waals surface area contributed by atoms with E-state index >= 15 is 4.39 Å². The molecule has 5 aromatic carbocycles. The molecule has 1 aliphatic carbocycles. The van der Waals surface area contributed by atoms with Gasteiger partial charge in [0.2, 0.25) is 0 Å². The van der Waals surface area contributed by atoms with Crippen LogP contribution in [-0.2, 0) is 11.0 Å². The minimum absolute atomic E-state index is 0.165. The maximum absolute atomic E-state index is 15.6. The van der Waals surface area contributed by atoms with Crippen molar-refractivity contribution >= 4 is 37.1 Å². The van der Waals surface area contributed by atoms with Crippen LogP contribution in [0.25, 0.3) is 28.0 Å². The molecule has 5 aromatic rings. The molecule has 2 nitrogen and oxygen atoms in total. The first-order valence-electron chi connectivity index (χ1n) is 13.6. The van der Waals surface area contributed by atoms with Crippen molar-refractivity contribution in [2.24, 2.45) is 0 Å². The third kappa shape index (κ3) is 3.44. The minimum Gasteiger partial charge on any atom is -0.472 e. The highest BCUT2D eigenvalue weighted by Crippen LogP contribution is 2.58. The topological polar surface area (TPSA) is 12.5 Å². The Bertz CT molecular complexity index is 1840. The molecule has 40 heavy (non-hydrogen) atoms. The van der Waals surface area contributed by atoms with Crippen molar-refractivity contribution in [2.75, 3.05) is 19.0 Å². The summed E-state index contributed by atoms with van der Waals surface area (Å²) in [5, 5.41) is 2.96. The van der Waals surface area contributed by atoms with Gasteiger partial charge in [-0.3, -0.25) is 0 Å². The third-order valence-corrected chi connectivity index (χ3v) is 8.93. The monoisotopic (exact) mass is 543 g/mol. The van der Waals surface area contributed by atoms with Crippen LogP contribution in [0.4, 0.5) is 10.1 Å². The second-order valence-electron chi connectivity index (χ2n) is 11.6. The van der Waals surface area contributed by atoms with Gasteiger partial charge in [0.25, 0.3) is 0 Å². The Hall–Kier alpha value is -3.94. The van der Waals surface area contributed by atoms with Gasteiger partial charge in [0, 0.05) is 52.8 Å². The summed E-state index contributed by atoms with van der Waals surface area (Å²) in [6, 6.07) is 31.1. The molecule has 0 aromatic heterocycles. The molecule has 0 fully saturated rings. The van der Waals surface area contributed by atoms with Gasteiger partial charge in [-0.25, -0.2) is 4.39 Å². The first-order chi connectivity index (χ1) is 19.2. The van der Waals surface area contributed by atoms with E-state index in [9.17, 15) is 0 Å². The van der Waals surface area contributed by atoms with Gasteiger partial charge in [-0.1, -0.05) is 86.7 Å². The van der Waals surface area contributed by atoms with E-state index in [4.69, 9.17) is 4.74 Å². The Kier molecular flexibility index (Phi) is 5.50. The van der Waals surface area contributed by atoms with E-state index < -0.39 is 11.0 Å². The lowest BCUT2D eigenvalue weighted by molar-refractivity contribution is 0.163. The third-order valence-electron chi connectivity index (χ3n) is 8.60. The van der Waals surface area contributed by atoms with E-state index in [1.165, 1.54) is 0 Å². The van der Waals surface area contributed by atoms with Gasteiger partial charge in [-0.15, -0.1) is 9.24 Å². The lowest BCUT2D eigenvalue weighted by atomic mass is 9.76. The van der Waals surface area contributed by atoms with Crippen molar-refractivity contribution in [3.63, 3.8) is 0 Å². The summed E-state index contributed by atoms with van der Waals surface area (Å²) in [5.41, 5.74) is 6.86. The number of anilines is 1. The maximum atomic E-state index is 15.6. The summed E-state index contributed by atoms with van der Waals surface area (Å²) >= 11 is 0. The van der Waals surface area contributed by atoms with E-state index in [0.717, 1.165) is 66.5 Å². The van der Waals surface area contributed by atoms with Crippen molar-refractivity contribution in [3.8, 4) is 16.9 Å². The number of hydrogen-bond donors (Lipinski definition) is 0. The fourth-order valence-corrected chi connectivity index (χ4v) is 7.09. The highest BCUT2D eigenvalue weighted by molar-refractivity contribution is 7.27. The molecule has 0 saturated carbocycles. The Balaban J connectivity index is 1.54. The summed E-state index contributed by atoms with van der Waals surface area (Å²) in [6.07, 6.45) is 4.39. The number of nitrogens with zero attached hydrogens (tertiary/aromatic N) is 1. The molecule has 0 spiro atoms. The molecule has 0 amide bonds. The Labute approximate surface area is 237 Å². The van der Waals surface area contributed by atoms with Crippen LogP contribution in [0.5, 0.6) is 5.75 Å². The smallest absolute Gasteiger partial charge is 0.178 e. The van der Waals surface area contributed by atoms with Gasteiger partial charge >= 0.3 is 0 Å². The first-order valence-corrected chi connectivity index (χ1v) is 14.2. The highest BCUT2D eigenvalue weighted by atomic mass is 31.0. The summed E-state index contributed by atoms with van der Waals surface area (Å²) in [4.78, 5) is 2.10. The molecule has 0 radical (unpaired) electrons. The first kappa shape index (κ1) is 25.1. The van der Waals surface area contributed by atoms with E-state index in [1.54, 1.807) is 6.07 Å². The molecule has 1 heterocycles. The number of hydrogen-bond acceptors (Lipinski definition) is 2. The molecule has 2 aliphatic rings. The van der Waals surface area contributed by atoms with Crippen LogP contribution in [0, 0.1) is 5.82 Å². The average molecular weight is 544 g/mol. The Morgan fingerprint density at radius 3 is 2.12 bits per heavy atom. The van der Waals surface area contributed by atoms with E-state index in [2.05, 4.69) is 119 Å². The molecule has 1 aliphatic heterocycles. The molecular formula is C36H31FNOP. The predicted octanol–water partition coefficient (Wildman–Crippen LogP) is 8.20. The molecule has 0 saturated heterocycles. The normalized spacial score (nSPS) is 18.1. The van der Waals surface area contributed by atoms with Crippen molar-refractivity contribution in [1.82, 2.24) is 0 Å². The van der Waals surface area contributed by atoms with Crippen LogP contribution in [-0.4, -0.2) is 14.1 Å². The second-order valence-corrected chi connectivity index (χ2v) is 12.2. The lowest BCUT2D eigenvalue weighted by Gasteiger charge is -2.38. The highest BCUT2D eigenvalue weighted by Gasteiger charge is 2.45. The number of benzene rings is 5. The van der Waals surface area contributed by atoms with Gasteiger partial charge < -0.3 is 9.64 Å². The molecule has 0 bridgehead atoms. The van der Waals surface area contributed by atoms with Crippen molar-refractivity contribution < 1.29 is 9.13 Å². The zero-order chi connectivity index (χ0) is 27.8. The van der Waals surface area contributed by atoms with Crippen molar-refractivity contribution in [2.45, 2.75) is 24.9 Å². The molecule has 2 atom stereocenters. The SMILES string of the molecule is CN(C)c1ccc(C2(c3ccccc3)C=Cc3c4c(c5ccccc5c3O2)-c2cc(P)cc(F)c2C4(C)C)cc1. The maximum Gasteiger partial charge on any atom is 0.178 e. The van der Waals surface area contributed by atoms with Crippen LogP contribution in [0.3, 0.4) is 0 Å². The van der Waals surface area contributed by atoms with E-state index in [-0.39, 0.29) is 5.82 Å². The molecular weight excluding hydrogens is 512 g/mol. The van der Waals surface area contributed by atoms with Gasteiger partial charge in [-0.05, 0) is 57.7 Å². The van der Waals surface area contributed by atoms with E-state index in [0.29, 0.717) is 0 Å². The zero-order valence-electron chi connectivity index (χ0n) is 23.1. The summed E-state index contributed by atoms with van der Waals surface area (Å²) in [6.45, 7) is 4.26. The molecule has 4 heteroatoms. The molecule has 198 valence electrons. The lowest BCUT2D eigenvalue weighted by Crippen LogP contribution is -2.35. The summed E-state index contributed by atoms with van der Waals surface area (Å²) in [5.74, 6) is 0.673. The molecule has 7 rings (SSSR count). The second kappa shape index (κ2) is 8.78. The average Bonchev–Trinajstić information content (AvgIpc) is 3.20. The summed E-state index contributed by atoms with van der Waals surface area (Å²) < 4.78 is 22.9. The number of fused-ring (bicyclic) bond motifs is 8. The van der Waals surface area contributed by atoms with Crippen LogP contribution >= 0.6 is 9.24 Å². The number of ether oxygens (including phenoxy) is 1. The van der Waals surface area contributed by atoms with Crippen LogP contribution in [0.2, 0.25) is 0 Å². The predicted molar refractivity (Wildman–Crippen MR) is 168 cm³/mol. The minimum atomic E-state index is -0.815. The fourth-order valence-electron chi connectivity index (χ4n) is 6.78. The van der Waals surface area contributed by atoms with Gasteiger partial charge in [0.1, 0.15) is 11.6 Å². The summed E-state index contributed by atoms with van der Waals surface area (Å²) in [7, 11) is 6.76. The number of halogens is 1. The Morgan fingerprint density at radius 1 is 0.775 bits per heavy atom.